The van der Waals surface area contributed by atoms with E-state index in [1.807, 2.05) is 0 Å². The summed E-state index contributed by atoms with van der Waals surface area (Å²) in [7, 11) is 0. The van der Waals surface area contributed by atoms with Crippen LogP contribution in [0.15, 0.2) is 0 Å². The lowest BCUT2D eigenvalue weighted by molar-refractivity contribution is 0.178. The average Bonchev–Trinajstić information content (AvgIpc) is 2.29. The second-order valence-electron chi connectivity index (χ2n) is 7.03. The maximum atomic E-state index is 3.71. The number of rotatable bonds is 5. The topological polar surface area (TPSA) is 24.1 Å². The molecule has 0 aliphatic carbocycles. The highest BCUT2D eigenvalue weighted by atomic mass is 14.9. The number of hydrogen-bond donors (Lipinski definition) is 2. The maximum absolute atomic E-state index is 3.71. The molecular formula is C15H32N2. The molecule has 2 heteroatoms. The van der Waals surface area contributed by atoms with Gasteiger partial charge in [-0.1, -0.05) is 34.6 Å². The van der Waals surface area contributed by atoms with Gasteiger partial charge in [0.15, 0.2) is 0 Å². The van der Waals surface area contributed by atoms with Crippen LogP contribution in [0.1, 0.15) is 53.9 Å². The molecule has 102 valence electrons. The molecule has 0 amide bonds. The first-order valence-electron chi connectivity index (χ1n) is 7.31. The minimum absolute atomic E-state index is 0.414. The van der Waals surface area contributed by atoms with Crippen LogP contribution in [0.2, 0.25) is 0 Å². The second kappa shape index (κ2) is 6.19. The third-order valence-corrected chi connectivity index (χ3v) is 4.74. The first-order valence-corrected chi connectivity index (χ1v) is 7.31. The fraction of sp³-hybridized carbons (Fsp3) is 1.00. The summed E-state index contributed by atoms with van der Waals surface area (Å²) in [6.07, 6.45) is 4.01. The Morgan fingerprint density at radius 1 is 1.35 bits per heavy atom. The van der Waals surface area contributed by atoms with Gasteiger partial charge in [-0.25, -0.2) is 0 Å². The predicted octanol–water partition coefficient (Wildman–Crippen LogP) is 3.04. The standard InChI is InChI=1S/C15H32N2/c1-6-15(8-7-9-16-11-15)12-17-10-13(2)14(3,4)5/h13,16-17H,6-12H2,1-5H3. The van der Waals surface area contributed by atoms with Crippen LogP contribution in [0.3, 0.4) is 0 Å². The molecule has 0 radical (unpaired) electrons. The van der Waals surface area contributed by atoms with Gasteiger partial charge in [-0.05, 0) is 49.1 Å². The van der Waals surface area contributed by atoms with Crippen LogP contribution < -0.4 is 10.6 Å². The van der Waals surface area contributed by atoms with E-state index < -0.39 is 0 Å². The van der Waals surface area contributed by atoms with Crippen molar-refractivity contribution in [1.29, 1.82) is 0 Å². The Hall–Kier alpha value is -0.0800. The van der Waals surface area contributed by atoms with Gasteiger partial charge in [-0.2, -0.15) is 0 Å². The van der Waals surface area contributed by atoms with Crippen molar-refractivity contribution >= 4 is 0 Å². The molecule has 1 rings (SSSR count). The smallest absolute Gasteiger partial charge is 0.00200 e. The van der Waals surface area contributed by atoms with Crippen LogP contribution in [0, 0.1) is 16.7 Å². The Labute approximate surface area is 108 Å². The van der Waals surface area contributed by atoms with Gasteiger partial charge in [-0.15, -0.1) is 0 Å². The second-order valence-corrected chi connectivity index (χ2v) is 7.03. The third-order valence-electron chi connectivity index (χ3n) is 4.74. The Morgan fingerprint density at radius 3 is 2.53 bits per heavy atom. The Kier molecular flexibility index (Phi) is 5.46. The highest BCUT2D eigenvalue weighted by Gasteiger charge is 2.30. The van der Waals surface area contributed by atoms with Crippen molar-refractivity contribution in [3.63, 3.8) is 0 Å². The Balaban J connectivity index is 2.33. The summed E-state index contributed by atoms with van der Waals surface area (Å²) < 4.78 is 0. The van der Waals surface area contributed by atoms with E-state index in [1.54, 1.807) is 0 Å². The zero-order valence-corrected chi connectivity index (χ0v) is 12.5. The Bertz CT molecular complexity index is 211. The molecule has 0 saturated carbocycles. The molecule has 0 spiro atoms. The van der Waals surface area contributed by atoms with Gasteiger partial charge in [0.2, 0.25) is 0 Å². The fourth-order valence-corrected chi connectivity index (χ4v) is 2.47. The van der Waals surface area contributed by atoms with Gasteiger partial charge in [0, 0.05) is 13.1 Å². The molecule has 1 aliphatic rings. The monoisotopic (exact) mass is 240 g/mol. The summed E-state index contributed by atoms with van der Waals surface area (Å²) in [5.74, 6) is 0.730. The molecule has 0 aromatic carbocycles. The minimum Gasteiger partial charge on any atom is -0.316 e. The van der Waals surface area contributed by atoms with E-state index >= 15 is 0 Å². The van der Waals surface area contributed by atoms with E-state index in [0.29, 0.717) is 10.8 Å². The zero-order valence-electron chi connectivity index (χ0n) is 12.5. The molecule has 1 aliphatic heterocycles. The van der Waals surface area contributed by atoms with Crippen LogP contribution in [-0.4, -0.2) is 26.2 Å². The third kappa shape index (κ3) is 4.59. The van der Waals surface area contributed by atoms with Crippen molar-refractivity contribution in [2.45, 2.75) is 53.9 Å². The lowest BCUT2D eigenvalue weighted by atomic mass is 9.77. The number of hydrogen-bond acceptors (Lipinski definition) is 2. The zero-order chi connectivity index (χ0) is 12.9. The minimum atomic E-state index is 0.414. The van der Waals surface area contributed by atoms with Crippen LogP contribution in [0.4, 0.5) is 0 Å². The molecule has 17 heavy (non-hydrogen) atoms. The fourth-order valence-electron chi connectivity index (χ4n) is 2.47. The van der Waals surface area contributed by atoms with Gasteiger partial charge in [-0.3, -0.25) is 0 Å². The summed E-state index contributed by atoms with van der Waals surface area (Å²) in [6.45, 7) is 16.4. The number of piperidine rings is 1. The highest BCUT2D eigenvalue weighted by Crippen LogP contribution is 2.30. The summed E-state index contributed by atoms with van der Waals surface area (Å²) >= 11 is 0. The molecule has 1 fully saturated rings. The van der Waals surface area contributed by atoms with Gasteiger partial charge in [0.25, 0.3) is 0 Å². The predicted molar refractivity (Wildman–Crippen MR) is 76.3 cm³/mol. The van der Waals surface area contributed by atoms with Gasteiger partial charge in [0.05, 0.1) is 0 Å². The largest absolute Gasteiger partial charge is 0.316 e. The van der Waals surface area contributed by atoms with Crippen LogP contribution in [0.5, 0.6) is 0 Å². The van der Waals surface area contributed by atoms with E-state index in [1.165, 1.54) is 38.9 Å². The summed E-state index contributed by atoms with van der Waals surface area (Å²) in [5.41, 5.74) is 0.924. The summed E-state index contributed by atoms with van der Waals surface area (Å²) in [6, 6.07) is 0. The molecule has 2 nitrogen and oxygen atoms in total. The summed E-state index contributed by atoms with van der Waals surface area (Å²) in [5, 5.41) is 7.27. The van der Waals surface area contributed by atoms with Crippen molar-refractivity contribution < 1.29 is 0 Å². The van der Waals surface area contributed by atoms with Crippen molar-refractivity contribution in [1.82, 2.24) is 10.6 Å². The normalized spacial score (nSPS) is 28.1. The molecule has 0 aromatic rings. The average molecular weight is 240 g/mol. The van der Waals surface area contributed by atoms with Gasteiger partial charge >= 0.3 is 0 Å². The molecule has 0 bridgehead atoms. The van der Waals surface area contributed by atoms with E-state index in [0.717, 1.165) is 12.5 Å². The number of nitrogens with one attached hydrogen (secondary N) is 2. The summed E-state index contributed by atoms with van der Waals surface area (Å²) in [4.78, 5) is 0. The van der Waals surface area contributed by atoms with Crippen molar-refractivity contribution in [2.24, 2.45) is 16.7 Å². The van der Waals surface area contributed by atoms with Crippen molar-refractivity contribution in [3.05, 3.63) is 0 Å². The molecule has 2 N–H and O–H groups in total. The molecule has 1 saturated heterocycles. The van der Waals surface area contributed by atoms with E-state index in [4.69, 9.17) is 0 Å². The lowest BCUT2D eigenvalue weighted by Gasteiger charge is -2.38. The van der Waals surface area contributed by atoms with Crippen LogP contribution in [0.25, 0.3) is 0 Å². The van der Waals surface area contributed by atoms with Gasteiger partial charge < -0.3 is 10.6 Å². The van der Waals surface area contributed by atoms with Gasteiger partial charge in [0.1, 0.15) is 0 Å². The maximum Gasteiger partial charge on any atom is 0.00200 e. The van der Waals surface area contributed by atoms with E-state index in [-0.39, 0.29) is 0 Å². The lowest BCUT2D eigenvalue weighted by Crippen LogP contribution is -2.47. The first kappa shape index (κ1) is 15.0. The van der Waals surface area contributed by atoms with Crippen molar-refractivity contribution in [2.75, 3.05) is 26.2 Å². The molecule has 2 unspecified atom stereocenters. The first-order chi connectivity index (χ1) is 7.90. The van der Waals surface area contributed by atoms with Crippen LogP contribution in [-0.2, 0) is 0 Å². The molecular weight excluding hydrogens is 208 g/mol. The SMILES string of the molecule is CCC1(CNCC(C)C(C)(C)C)CCCNC1. The molecule has 1 heterocycles. The van der Waals surface area contributed by atoms with E-state index in [9.17, 15) is 0 Å². The molecule has 0 aromatic heterocycles. The Morgan fingerprint density at radius 2 is 2.06 bits per heavy atom. The quantitative estimate of drug-likeness (QED) is 0.772. The highest BCUT2D eigenvalue weighted by molar-refractivity contribution is 4.86. The van der Waals surface area contributed by atoms with Crippen LogP contribution >= 0.6 is 0 Å². The van der Waals surface area contributed by atoms with Crippen molar-refractivity contribution in [3.8, 4) is 0 Å². The van der Waals surface area contributed by atoms with E-state index in [2.05, 4.69) is 45.3 Å². The molecule has 2 atom stereocenters.